The minimum atomic E-state index is -2.13. The summed E-state index contributed by atoms with van der Waals surface area (Å²) in [4.78, 5) is 16.7. The fourth-order valence-corrected chi connectivity index (χ4v) is 3.43. The Labute approximate surface area is 154 Å². The van der Waals surface area contributed by atoms with Gasteiger partial charge in [-0.1, -0.05) is 26.0 Å². The molecule has 2 heterocycles. The van der Waals surface area contributed by atoms with E-state index in [2.05, 4.69) is 9.71 Å². The molecule has 7 heteroatoms. The summed E-state index contributed by atoms with van der Waals surface area (Å²) in [6, 6.07) is 9.35. The first kappa shape index (κ1) is 18.4. The molecule has 0 saturated carbocycles. The van der Waals surface area contributed by atoms with Crippen LogP contribution in [0.1, 0.15) is 37.2 Å². The highest BCUT2D eigenvalue weighted by Gasteiger charge is 2.20. The molecule has 2 unspecified atom stereocenters. The lowest BCUT2D eigenvalue weighted by Crippen LogP contribution is -2.20. The third kappa shape index (κ3) is 3.60. The van der Waals surface area contributed by atoms with E-state index in [0.29, 0.717) is 0 Å². The van der Waals surface area contributed by atoms with Gasteiger partial charge in [-0.2, -0.15) is 0 Å². The van der Waals surface area contributed by atoms with Crippen LogP contribution in [0, 0.1) is 5.92 Å². The second kappa shape index (κ2) is 7.49. The average molecular weight is 371 g/mol. The lowest BCUT2D eigenvalue weighted by Gasteiger charge is -2.09. The fraction of sp³-hybridized carbons (Fsp3) is 0.263. The van der Waals surface area contributed by atoms with Gasteiger partial charge < -0.3 is 0 Å². The van der Waals surface area contributed by atoms with Crippen molar-refractivity contribution in [2.24, 2.45) is 5.92 Å². The topological polar surface area (TPSA) is 84.2 Å². The maximum absolute atomic E-state index is 12.7. The molecule has 26 heavy (non-hydrogen) atoms. The Hall–Kier alpha value is -2.35. The zero-order valence-electron chi connectivity index (χ0n) is 14.8. The molecule has 0 spiro atoms. The number of benzene rings is 1. The van der Waals surface area contributed by atoms with Gasteiger partial charge in [-0.25, -0.2) is 8.93 Å². The zero-order valence-corrected chi connectivity index (χ0v) is 15.7. The van der Waals surface area contributed by atoms with E-state index in [1.54, 1.807) is 30.1 Å². The first-order chi connectivity index (χ1) is 12.4. The molecule has 0 aliphatic heterocycles. The summed E-state index contributed by atoms with van der Waals surface area (Å²) in [5, 5.41) is 0.877. The first-order valence-electron chi connectivity index (χ1n) is 8.35. The molecule has 0 aliphatic rings. The second-order valence-electron chi connectivity index (χ2n) is 6.50. The molecule has 0 fully saturated rings. The summed E-state index contributed by atoms with van der Waals surface area (Å²) >= 11 is -2.13. The molecule has 0 saturated heterocycles. The Kier molecular flexibility index (Phi) is 5.31. The van der Waals surface area contributed by atoms with Crippen molar-refractivity contribution >= 4 is 28.1 Å². The summed E-state index contributed by atoms with van der Waals surface area (Å²) < 4.78 is 24.5. The standard InChI is InChI=1S/C19H21N3O3S/c1-12(2)19(23)22-11-17(13(3)21-26(24)25)16-5-4-15(10-18(16)22)14-6-8-20-9-7-14/h4-13,21H,1-3H3,(H,24,25). The number of hydrogen-bond donors (Lipinski definition) is 2. The third-order valence-electron chi connectivity index (χ3n) is 4.33. The fourth-order valence-electron chi connectivity index (χ4n) is 3.00. The molecule has 2 aromatic heterocycles. The largest absolute Gasteiger partial charge is 0.294 e. The van der Waals surface area contributed by atoms with Gasteiger partial charge >= 0.3 is 0 Å². The molecule has 6 nitrogen and oxygen atoms in total. The van der Waals surface area contributed by atoms with Crippen molar-refractivity contribution in [2.45, 2.75) is 26.8 Å². The summed E-state index contributed by atoms with van der Waals surface area (Å²) in [5.41, 5.74) is 3.58. The van der Waals surface area contributed by atoms with Gasteiger partial charge in [-0.3, -0.25) is 18.9 Å². The van der Waals surface area contributed by atoms with Gasteiger partial charge in [0, 0.05) is 35.9 Å². The Bertz CT molecular complexity index is 967. The van der Waals surface area contributed by atoms with Crippen molar-refractivity contribution < 1.29 is 13.6 Å². The number of carbonyl (C=O) groups excluding carboxylic acids is 1. The van der Waals surface area contributed by atoms with E-state index in [1.807, 2.05) is 44.2 Å². The van der Waals surface area contributed by atoms with Gasteiger partial charge in [-0.05, 0) is 41.8 Å². The maximum atomic E-state index is 12.7. The Morgan fingerprint density at radius 1 is 1.15 bits per heavy atom. The van der Waals surface area contributed by atoms with E-state index >= 15 is 0 Å². The third-order valence-corrected chi connectivity index (χ3v) is 4.88. The first-order valence-corrected chi connectivity index (χ1v) is 9.45. The normalized spacial score (nSPS) is 13.9. The summed E-state index contributed by atoms with van der Waals surface area (Å²) in [7, 11) is 0. The Morgan fingerprint density at radius 2 is 1.85 bits per heavy atom. The van der Waals surface area contributed by atoms with Crippen LogP contribution in [0.25, 0.3) is 22.0 Å². The van der Waals surface area contributed by atoms with E-state index in [0.717, 1.165) is 27.6 Å². The minimum absolute atomic E-state index is 0.0227. The molecule has 3 rings (SSSR count). The summed E-state index contributed by atoms with van der Waals surface area (Å²) in [6.45, 7) is 5.50. The van der Waals surface area contributed by atoms with Crippen LogP contribution in [0.15, 0.2) is 48.9 Å². The Morgan fingerprint density at radius 3 is 2.46 bits per heavy atom. The van der Waals surface area contributed by atoms with Gasteiger partial charge in [0.1, 0.15) is 0 Å². The summed E-state index contributed by atoms with van der Waals surface area (Å²) in [5.74, 6) is -0.191. The smallest absolute Gasteiger partial charge is 0.233 e. The SMILES string of the molecule is CC(C)C(=O)n1cc(C(C)NS(=O)O)c2ccc(-c3ccncc3)cc21. The van der Waals surface area contributed by atoms with Crippen molar-refractivity contribution in [1.29, 1.82) is 0 Å². The van der Waals surface area contributed by atoms with Crippen molar-refractivity contribution in [3.05, 3.63) is 54.5 Å². The van der Waals surface area contributed by atoms with E-state index in [9.17, 15) is 9.00 Å². The maximum Gasteiger partial charge on any atom is 0.233 e. The predicted octanol–water partition coefficient (Wildman–Crippen LogP) is 3.79. The van der Waals surface area contributed by atoms with Crippen LogP contribution in [-0.4, -0.2) is 24.2 Å². The number of rotatable bonds is 5. The molecule has 0 radical (unpaired) electrons. The second-order valence-corrected chi connectivity index (χ2v) is 7.24. The molecular weight excluding hydrogens is 350 g/mol. The molecule has 136 valence electrons. The molecule has 1 aromatic carbocycles. The van der Waals surface area contributed by atoms with Crippen LogP contribution < -0.4 is 4.72 Å². The Balaban J connectivity index is 2.19. The molecular formula is C19H21N3O3S. The van der Waals surface area contributed by atoms with Crippen LogP contribution in [0.4, 0.5) is 0 Å². The van der Waals surface area contributed by atoms with Gasteiger partial charge in [-0.15, -0.1) is 0 Å². The van der Waals surface area contributed by atoms with Gasteiger partial charge in [0.05, 0.1) is 5.52 Å². The highest BCUT2D eigenvalue weighted by atomic mass is 32.2. The molecule has 0 bridgehead atoms. The highest BCUT2D eigenvalue weighted by Crippen LogP contribution is 2.31. The van der Waals surface area contributed by atoms with Crippen molar-refractivity contribution in [1.82, 2.24) is 14.3 Å². The van der Waals surface area contributed by atoms with Crippen LogP contribution in [0.3, 0.4) is 0 Å². The highest BCUT2D eigenvalue weighted by molar-refractivity contribution is 7.77. The van der Waals surface area contributed by atoms with Crippen LogP contribution in [0.2, 0.25) is 0 Å². The predicted molar refractivity (Wildman–Crippen MR) is 103 cm³/mol. The number of hydrogen-bond acceptors (Lipinski definition) is 3. The van der Waals surface area contributed by atoms with E-state index in [1.165, 1.54) is 0 Å². The number of fused-ring (bicyclic) bond motifs is 1. The molecule has 3 aromatic rings. The number of nitrogens with one attached hydrogen (secondary N) is 1. The van der Waals surface area contributed by atoms with Crippen molar-refractivity contribution in [3.8, 4) is 11.1 Å². The lowest BCUT2D eigenvalue weighted by atomic mass is 10.0. The minimum Gasteiger partial charge on any atom is -0.294 e. The summed E-state index contributed by atoms with van der Waals surface area (Å²) in [6.07, 6.45) is 5.21. The van der Waals surface area contributed by atoms with Gasteiger partial charge in [0.2, 0.25) is 17.2 Å². The average Bonchev–Trinajstić information content (AvgIpc) is 3.00. The number of pyridine rings is 1. The quantitative estimate of drug-likeness (QED) is 0.669. The molecule has 0 aliphatic carbocycles. The zero-order chi connectivity index (χ0) is 18.8. The van der Waals surface area contributed by atoms with Crippen LogP contribution in [-0.2, 0) is 11.3 Å². The number of aromatic nitrogens is 2. The lowest BCUT2D eigenvalue weighted by molar-refractivity contribution is 0.0860. The van der Waals surface area contributed by atoms with Gasteiger partial charge in [0.25, 0.3) is 0 Å². The van der Waals surface area contributed by atoms with Crippen molar-refractivity contribution in [2.75, 3.05) is 0 Å². The molecule has 2 N–H and O–H groups in total. The van der Waals surface area contributed by atoms with Crippen LogP contribution in [0.5, 0.6) is 0 Å². The van der Waals surface area contributed by atoms with E-state index in [-0.39, 0.29) is 17.9 Å². The number of carbonyl (C=O) groups is 1. The van der Waals surface area contributed by atoms with Crippen molar-refractivity contribution in [3.63, 3.8) is 0 Å². The van der Waals surface area contributed by atoms with E-state index < -0.39 is 11.3 Å². The van der Waals surface area contributed by atoms with E-state index in [4.69, 9.17) is 4.55 Å². The van der Waals surface area contributed by atoms with Gasteiger partial charge in [0.15, 0.2) is 0 Å². The monoisotopic (exact) mass is 371 g/mol. The molecule has 2 atom stereocenters. The number of nitrogens with zero attached hydrogens (tertiary/aromatic N) is 2. The molecule has 0 amide bonds. The van der Waals surface area contributed by atoms with Crippen LogP contribution >= 0.6 is 0 Å².